The van der Waals surface area contributed by atoms with E-state index in [0.717, 1.165) is 23.7 Å². The average Bonchev–Trinajstić information content (AvgIpc) is 2.33. The maximum Gasteiger partial charge on any atom is -0.0300 e. The quantitative estimate of drug-likeness (QED) is 0.438. The van der Waals surface area contributed by atoms with Crippen LogP contribution in [0.5, 0.6) is 0 Å². The number of hydrogen-bond acceptors (Lipinski definition) is 0. The maximum atomic E-state index is 2.52. The molecule has 0 aliphatic carbocycles. The molecular formula is C18H38. The van der Waals surface area contributed by atoms with Crippen LogP contribution in [0.4, 0.5) is 0 Å². The van der Waals surface area contributed by atoms with Crippen molar-refractivity contribution in [3.8, 4) is 0 Å². The predicted molar refractivity (Wildman–Crippen MR) is 84.9 cm³/mol. The summed E-state index contributed by atoms with van der Waals surface area (Å²) < 4.78 is 0. The summed E-state index contributed by atoms with van der Waals surface area (Å²) in [5, 5.41) is 0. The normalized spacial score (nSPS) is 20.5. The van der Waals surface area contributed by atoms with E-state index in [1.54, 1.807) is 0 Å². The molecule has 0 fully saturated rings. The predicted octanol–water partition coefficient (Wildman–Crippen LogP) is 6.55. The summed E-state index contributed by atoms with van der Waals surface area (Å²) in [6.07, 6.45) is 6.84. The Bertz CT molecular complexity index is 206. The van der Waals surface area contributed by atoms with Gasteiger partial charge in [0.25, 0.3) is 0 Å². The highest BCUT2D eigenvalue weighted by atomic mass is 14.4. The molecule has 18 heavy (non-hydrogen) atoms. The molecule has 0 N–H and O–H groups in total. The molecule has 0 heteroatoms. The van der Waals surface area contributed by atoms with Crippen molar-refractivity contribution in [2.45, 2.75) is 87.5 Å². The lowest BCUT2D eigenvalue weighted by Gasteiger charge is -2.40. The van der Waals surface area contributed by atoms with Gasteiger partial charge >= 0.3 is 0 Å². The Kier molecular flexibility index (Phi) is 8.23. The molecule has 0 radical (unpaired) electrons. The minimum Gasteiger partial charge on any atom is -0.0651 e. The van der Waals surface area contributed by atoms with Crippen LogP contribution in [0, 0.1) is 29.1 Å². The largest absolute Gasteiger partial charge is 0.0651 e. The van der Waals surface area contributed by atoms with Crippen LogP contribution in [-0.2, 0) is 0 Å². The van der Waals surface area contributed by atoms with Gasteiger partial charge in [0.05, 0.1) is 0 Å². The molecule has 4 unspecified atom stereocenters. The zero-order valence-corrected chi connectivity index (χ0v) is 14.3. The summed E-state index contributed by atoms with van der Waals surface area (Å²) in [5.41, 5.74) is 0.539. The van der Waals surface area contributed by atoms with E-state index in [-0.39, 0.29) is 0 Å². The highest BCUT2D eigenvalue weighted by Crippen LogP contribution is 2.42. The van der Waals surface area contributed by atoms with Gasteiger partial charge < -0.3 is 0 Å². The first-order valence-corrected chi connectivity index (χ1v) is 8.26. The summed E-state index contributed by atoms with van der Waals surface area (Å²) in [7, 11) is 0. The van der Waals surface area contributed by atoms with Crippen LogP contribution >= 0.6 is 0 Å². The first-order chi connectivity index (χ1) is 8.26. The summed E-state index contributed by atoms with van der Waals surface area (Å²) >= 11 is 0. The Morgan fingerprint density at radius 3 is 1.89 bits per heavy atom. The second-order valence-corrected chi connectivity index (χ2v) is 7.46. The fraction of sp³-hybridized carbons (Fsp3) is 1.00. The molecule has 0 aliphatic rings. The van der Waals surface area contributed by atoms with Gasteiger partial charge in [-0.15, -0.1) is 0 Å². The molecule has 110 valence electrons. The second kappa shape index (κ2) is 8.23. The fourth-order valence-corrected chi connectivity index (χ4v) is 3.14. The van der Waals surface area contributed by atoms with Gasteiger partial charge in [0.15, 0.2) is 0 Å². The Balaban J connectivity index is 4.50. The molecule has 0 aromatic carbocycles. The Labute approximate surface area is 117 Å². The molecule has 0 saturated heterocycles. The molecule has 0 aromatic heterocycles. The monoisotopic (exact) mass is 254 g/mol. The molecule has 0 aromatic rings. The molecule has 0 aliphatic heterocycles. The smallest absolute Gasteiger partial charge is 0.0300 e. The first-order valence-electron chi connectivity index (χ1n) is 8.26. The Morgan fingerprint density at radius 2 is 1.50 bits per heavy atom. The molecular weight excluding hydrogens is 216 g/mol. The van der Waals surface area contributed by atoms with Gasteiger partial charge in [-0.05, 0) is 41.9 Å². The van der Waals surface area contributed by atoms with Crippen molar-refractivity contribution in [1.82, 2.24) is 0 Å². The summed E-state index contributed by atoms with van der Waals surface area (Å²) in [4.78, 5) is 0. The number of hydrogen-bond donors (Lipinski definition) is 0. The van der Waals surface area contributed by atoms with Crippen molar-refractivity contribution in [3.63, 3.8) is 0 Å². The van der Waals surface area contributed by atoms with E-state index in [4.69, 9.17) is 0 Å². The summed E-state index contributed by atoms with van der Waals surface area (Å²) in [6, 6.07) is 0. The third kappa shape index (κ3) is 5.76. The van der Waals surface area contributed by atoms with E-state index in [1.165, 1.54) is 32.1 Å². The van der Waals surface area contributed by atoms with Gasteiger partial charge in [0.1, 0.15) is 0 Å². The van der Waals surface area contributed by atoms with E-state index >= 15 is 0 Å². The minimum atomic E-state index is 0.539. The van der Waals surface area contributed by atoms with Crippen molar-refractivity contribution in [3.05, 3.63) is 0 Å². The molecule has 0 bridgehead atoms. The highest BCUT2D eigenvalue weighted by molar-refractivity contribution is 4.83. The second-order valence-electron chi connectivity index (χ2n) is 7.46. The Hall–Kier alpha value is 0. The zero-order valence-electron chi connectivity index (χ0n) is 14.3. The summed E-state index contributed by atoms with van der Waals surface area (Å²) in [5.74, 6) is 3.42. The van der Waals surface area contributed by atoms with Gasteiger partial charge in [-0.1, -0.05) is 74.7 Å². The van der Waals surface area contributed by atoms with Gasteiger partial charge in [0.2, 0.25) is 0 Å². The van der Waals surface area contributed by atoms with Crippen LogP contribution in [-0.4, -0.2) is 0 Å². The fourth-order valence-electron chi connectivity index (χ4n) is 3.14. The molecule has 0 nitrogen and oxygen atoms in total. The van der Waals surface area contributed by atoms with Crippen LogP contribution in [0.1, 0.15) is 87.5 Å². The zero-order chi connectivity index (χ0) is 14.3. The van der Waals surface area contributed by atoms with Crippen molar-refractivity contribution in [1.29, 1.82) is 0 Å². The van der Waals surface area contributed by atoms with Crippen molar-refractivity contribution in [2.75, 3.05) is 0 Å². The molecule has 0 rings (SSSR count). The lowest BCUT2D eigenvalue weighted by Crippen LogP contribution is -2.30. The van der Waals surface area contributed by atoms with E-state index in [9.17, 15) is 0 Å². The lowest BCUT2D eigenvalue weighted by molar-refractivity contribution is 0.104. The Morgan fingerprint density at radius 1 is 0.944 bits per heavy atom. The lowest BCUT2D eigenvalue weighted by atomic mass is 9.66. The molecule has 0 amide bonds. The van der Waals surface area contributed by atoms with Crippen LogP contribution in [0.15, 0.2) is 0 Å². The minimum absolute atomic E-state index is 0.539. The van der Waals surface area contributed by atoms with Crippen LogP contribution in [0.3, 0.4) is 0 Å². The molecule has 0 heterocycles. The molecule has 0 spiro atoms. The standard InChI is InChI=1S/C18H38/c1-9-15(5)11-12-18(8,10-2)17(7)16(6)13-14(3)4/h14-17H,9-13H2,1-8H3. The van der Waals surface area contributed by atoms with E-state index in [2.05, 4.69) is 55.4 Å². The van der Waals surface area contributed by atoms with Crippen molar-refractivity contribution in [2.24, 2.45) is 29.1 Å². The summed E-state index contributed by atoms with van der Waals surface area (Å²) in [6.45, 7) is 19.3. The SMILES string of the molecule is CCC(C)CCC(C)(CC)C(C)C(C)CC(C)C. The van der Waals surface area contributed by atoms with Crippen molar-refractivity contribution < 1.29 is 0 Å². The third-order valence-corrected chi connectivity index (χ3v) is 5.51. The van der Waals surface area contributed by atoms with E-state index in [1.807, 2.05) is 0 Å². The molecule has 4 atom stereocenters. The van der Waals surface area contributed by atoms with E-state index < -0.39 is 0 Å². The van der Waals surface area contributed by atoms with Crippen LogP contribution in [0.25, 0.3) is 0 Å². The number of rotatable bonds is 9. The van der Waals surface area contributed by atoms with Crippen LogP contribution in [0.2, 0.25) is 0 Å². The van der Waals surface area contributed by atoms with Crippen molar-refractivity contribution >= 4 is 0 Å². The molecule has 0 saturated carbocycles. The topological polar surface area (TPSA) is 0 Å². The van der Waals surface area contributed by atoms with Gasteiger partial charge in [0, 0.05) is 0 Å². The highest BCUT2D eigenvalue weighted by Gasteiger charge is 2.32. The van der Waals surface area contributed by atoms with Gasteiger partial charge in [-0.3, -0.25) is 0 Å². The van der Waals surface area contributed by atoms with Crippen LogP contribution < -0.4 is 0 Å². The van der Waals surface area contributed by atoms with Gasteiger partial charge in [-0.25, -0.2) is 0 Å². The maximum absolute atomic E-state index is 2.52. The van der Waals surface area contributed by atoms with E-state index in [0.29, 0.717) is 5.41 Å². The third-order valence-electron chi connectivity index (χ3n) is 5.51. The average molecular weight is 255 g/mol. The van der Waals surface area contributed by atoms with Gasteiger partial charge in [-0.2, -0.15) is 0 Å². The first kappa shape index (κ1) is 18.0.